The molecule has 6 heteroatoms. The number of carbonyl (C=O) groups excluding carboxylic acids is 1. The van der Waals surface area contributed by atoms with Gasteiger partial charge in [-0.2, -0.15) is 0 Å². The normalized spacial score (nSPS) is 17.3. The van der Waals surface area contributed by atoms with Crippen molar-refractivity contribution in [1.29, 1.82) is 0 Å². The third kappa shape index (κ3) is 3.10. The van der Waals surface area contributed by atoms with Crippen molar-refractivity contribution in [2.75, 3.05) is 5.75 Å². The van der Waals surface area contributed by atoms with Crippen LogP contribution in [-0.4, -0.2) is 31.7 Å². The topological polar surface area (TPSA) is 60.7 Å². The van der Waals surface area contributed by atoms with Gasteiger partial charge in [0.2, 0.25) is 5.16 Å². The molecule has 1 heterocycles. The van der Waals surface area contributed by atoms with Crippen LogP contribution in [0.5, 0.6) is 0 Å². The van der Waals surface area contributed by atoms with Gasteiger partial charge < -0.3 is 0 Å². The molecule has 0 bridgehead atoms. The molecule has 5 nitrogen and oxygen atoms in total. The van der Waals surface area contributed by atoms with Crippen LogP contribution in [0.1, 0.15) is 52.5 Å². The van der Waals surface area contributed by atoms with Crippen molar-refractivity contribution in [1.82, 2.24) is 20.2 Å². The Hall–Kier alpha value is -0.910. The largest absolute Gasteiger partial charge is 0.298 e. The molecule has 0 amide bonds. The second-order valence-corrected chi connectivity index (χ2v) is 6.75. The Labute approximate surface area is 112 Å². The summed E-state index contributed by atoms with van der Waals surface area (Å²) in [5.74, 6) is 0.671. The minimum Gasteiger partial charge on any atom is -0.298 e. The number of hydrogen-bond donors (Lipinski definition) is 0. The quantitative estimate of drug-likeness (QED) is 0.785. The summed E-state index contributed by atoms with van der Waals surface area (Å²) in [5, 5.41) is 12.6. The molecule has 0 unspecified atom stereocenters. The standard InChI is InChI=1S/C12H20N4OS/c1-12(2,3)10(17)8-18-11-13-14-15-16(11)9-6-4-5-7-9/h9H,4-8H2,1-3H3. The van der Waals surface area contributed by atoms with Crippen LogP contribution in [0.25, 0.3) is 0 Å². The zero-order valence-corrected chi connectivity index (χ0v) is 12.0. The molecule has 0 aromatic carbocycles. The number of Topliss-reactive ketones (excluding diaryl/α,β-unsaturated/α-hetero) is 1. The lowest BCUT2D eigenvalue weighted by molar-refractivity contribution is -0.123. The van der Waals surface area contributed by atoms with Gasteiger partial charge in [0.05, 0.1) is 11.8 Å². The average molecular weight is 268 g/mol. The van der Waals surface area contributed by atoms with Gasteiger partial charge in [-0.15, -0.1) is 5.10 Å². The van der Waals surface area contributed by atoms with Gasteiger partial charge in [-0.25, -0.2) is 4.68 Å². The minimum absolute atomic E-state index is 0.230. The zero-order chi connectivity index (χ0) is 13.2. The molecule has 1 aliphatic carbocycles. The highest BCUT2D eigenvalue weighted by Gasteiger charge is 2.24. The number of nitrogens with zero attached hydrogens (tertiary/aromatic N) is 4. The van der Waals surface area contributed by atoms with Gasteiger partial charge in [0.15, 0.2) is 0 Å². The van der Waals surface area contributed by atoms with E-state index < -0.39 is 0 Å². The summed E-state index contributed by atoms with van der Waals surface area (Å²) < 4.78 is 1.90. The van der Waals surface area contributed by atoms with Crippen LogP contribution in [-0.2, 0) is 4.79 Å². The van der Waals surface area contributed by atoms with Gasteiger partial charge >= 0.3 is 0 Å². The Bertz CT molecular complexity index is 418. The maximum absolute atomic E-state index is 11.9. The number of aromatic nitrogens is 4. The highest BCUT2D eigenvalue weighted by molar-refractivity contribution is 7.99. The van der Waals surface area contributed by atoms with E-state index in [1.807, 2.05) is 25.5 Å². The van der Waals surface area contributed by atoms with E-state index in [9.17, 15) is 4.79 Å². The van der Waals surface area contributed by atoms with Crippen LogP contribution < -0.4 is 0 Å². The van der Waals surface area contributed by atoms with E-state index >= 15 is 0 Å². The Morgan fingerprint density at radius 2 is 2.06 bits per heavy atom. The number of tetrazole rings is 1. The van der Waals surface area contributed by atoms with Crippen LogP contribution in [0.2, 0.25) is 0 Å². The highest BCUT2D eigenvalue weighted by atomic mass is 32.2. The van der Waals surface area contributed by atoms with Gasteiger partial charge in [-0.3, -0.25) is 4.79 Å². The Morgan fingerprint density at radius 3 is 2.67 bits per heavy atom. The van der Waals surface area contributed by atoms with Gasteiger partial charge in [-0.05, 0) is 23.3 Å². The first-order valence-electron chi connectivity index (χ1n) is 6.42. The molecule has 18 heavy (non-hydrogen) atoms. The molecule has 1 saturated carbocycles. The van der Waals surface area contributed by atoms with Crippen molar-refractivity contribution in [3.8, 4) is 0 Å². The molecule has 1 aromatic heterocycles. The molecule has 1 fully saturated rings. The molecule has 100 valence electrons. The van der Waals surface area contributed by atoms with E-state index in [4.69, 9.17) is 0 Å². The van der Waals surface area contributed by atoms with E-state index in [2.05, 4.69) is 15.5 Å². The third-order valence-electron chi connectivity index (χ3n) is 3.30. The number of thioether (sulfide) groups is 1. The summed E-state index contributed by atoms with van der Waals surface area (Å²) in [6.07, 6.45) is 4.78. The highest BCUT2D eigenvalue weighted by Crippen LogP contribution is 2.31. The smallest absolute Gasteiger partial charge is 0.210 e. The van der Waals surface area contributed by atoms with Gasteiger partial charge in [0.25, 0.3) is 0 Å². The van der Waals surface area contributed by atoms with Gasteiger partial charge in [0.1, 0.15) is 5.78 Å². The van der Waals surface area contributed by atoms with Crippen LogP contribution in [0, 0.1) is 5.41 Å². The Kier molecular flexibility index (Phi) is 4.04. The Morgan fingerprint density at radius 1 is 1.39 bits per heavy atom. The van der Waals surface area contributed by atoms with Gasteiger partial charge in [0, 0.05) is 5.41 Å². The molecule has 2 rings (SSSR count). The van der Waals surface area contributed by atoms with E-state index in [0.29, 0.717) is 11.8 Å². The molecular formula is C12H20N4OS. The molecule has 0 N–H and O–H groups in total. The summed E-state index contributed by atoms with van der Waals surface area (Å²) in [6.45, 7) is 5.82. The lowest BCUT2D eigenvalue weighted by Gasteiger charge is -2.16. The molecule has 0 radical (unpaired) electrons. The van der Waals surface area contributed by atoms with Crippen molar-refractivity contribution in [3.05, 3.63) is 0 Å². The van der Waals surface area contributed by atoms with Crippen molar-refractivity contribution in [3.63, 3.8) is 0 Å². The minimum atomic E-state index is -0.293. The van der Waals surface area contributed by atoms with Crippen LogP contribution >= 0.6 is 11.8 Å². The molecule has 0 aliphatic heterocycles. The van der Waals surface area contributed by atoms with Crippen molar-refractivity contribution in [2.45, 2.75) is 57.7 Å². The molecule has 0 spiro atoms. The summed E-state index contributed by atoms with van der Waals surface area (Å²) in [6, 6.07) is 0.423. The lowest BCUT2D eigenvalue weighted by Crippen LogP contribution is -2.22. The van der Waals surface area contributed by atoms with Crippen molar-refractivity contribution < 1.29 is 4.79 Å². The monoisotopic (exact) mass is 268 g/mol. The first-order chi connectivity index (χ1) is 8.48. The second kappa shape index (κ2) is 5.38. The third-order valence-corrected chi connectivity index (χ3v) is 4.24. The molecule has 1 aromatic rings. The van der Waals surface area contributed by atoms with E-state index in [1.54, 1.807) is 0 Å². The lowest BCUT2D eigenvalue weighted by atomic mass is 9.92. The number of ketones is 1. The predicted molar refractivity (Wildman–Crippen MR) is 70.5 cm³/mol. The zero-order valence-electron chi connectivity index (χ0n) is 11.2. The Balaban J connectivity index is 1.98. The first kappa shape index (κ1) is 13.5. The summed E-state index contributed by atoms with van der Waals surface area (Å²) >= 11 is 1.45. The number of hydrogen-bond acceptors (Lipinski definition) is 5. The van der Waals surface area contributed by atoms with Crippen molar-refractivity contribution in [2.24, 2.45) is 5.41 Å². The van der Waals surface area contributed by atoms with E-state index in [1.165, 1.54) is 24.6 Å². The maximum Gasteiger partial charge on any atom is 0.210 e. The maximum atomic E-state index is 11.9. The van der Waals surface area contributed by atoms with Crippen LogP contribution in [0.3, 0.4) is 0 Å². The van der Waals surface area contributed by atoms with Crippen molar-refractivity contribution >= 4 is 17.5 Å². The fourth-order valence-corrected chi connectivity index (χ4v) is 3.11. The first-order valence-corrected chi connectivity index (χ1v) is 7.41. The second-order valence-electron chi connectivity index (χ2n) is 5.81. The summed E-state index contributed by atoms with van der Waals surface area (Å²) in [4.78, 5) is 11.9. The molecule has 0 atom stereocenters. The van der Waals surface area contributed by atoms with Crippen LogP contribution in [0.15, 0.2) is 5.16 Å². The number of rotatable bonds is 4. The molecular weight excluding hydrogens is 248 g/mol. The van der Waals surface area contributed by atoms with E-state index in [-0.39, 0.29) is 11.2 Å². The van der Waals surface area contributed by atoms with E-state index in [0.717, 1.165) is 18.0 Å². The summed E-state index contributed by atoms with van der Waals surface area (Å²) in [7, 11) is 0. The SMILES string of the molecule is CC(C)(C)C(=O)CSc1nnnn1C1CCCC1. The van der Waals surface area contributed by atoms with Crippen LogP contribution in [0.4, 0.5) is 0 Å². The fourth-order valence-electron chi connectivity index (χ4n) is 2.01. The summed E-state index contributed by atoms with van der Waals surface area (Å²) in [5.41, 5.74) is -0.293. The van der Waals surface area contributed by atoms with Gasteiger partial charge in [-0.1, -0.05) is 45.4 Å². The number of carbonyl (C=O) groups is 1. The molecule has 0 saturated heterocycles. The molecule has 1 aliphatic rings. The fraction of sp³-hybridized carbons (Fsp3) is 0.833. The average Bonchev–Trinajstić information content (AvgIpc) is 2.94. The predicted octanol–water partition coefficient (Wildman–Crippen LogP) is 2.50.